The zero-order valence-corrected chi connectivity index (χ0v) is 12.3. The molecule has 19 heavy (non-hydrogen) atoms. The Morgan fingerprint density at radius 3 is 2.63 bits per heavy atom. The summed E-state index contributed by atoms with van der Waals surface area (Å²) in [6.45, 7) is 6.52. The van der Waals surface area contributed by atoms with Crippen LogP contribution in [0.2, 0.25) is 0 Å². The first-order valence-corrected chi connectivity index (χ1v) is 7.39. The average Bonchev–Trinajstić information content (AvgIpc) is 2.37. The summed E-state index contributed by atoms with van der Waals surface area (Å²) in [5.41, 5.74) is 0. The molecule has 0 aromatic carbocycles. The van der Waals surface area contributed by atoms with Gasteiger partial charge in [0.1, 0.15) is 6.10 Å². The van der Waals surface area contributed by atoms with E-state index in [9.17, 15) is 9.90 Å². The van der Waals surface area contributed by atoms with Gasteiger partial charge in [-0.05, 0) is 30.6 Å². The third-order valence-electron chi connectivity index (χ3n) is 4.19. The van der Waals surface area contributed by atoms with E-state index in [4.69, 9.17) is 9.84 Å². The quantitative estimate of drug-likeness (QED) is 0.741. The molecule has 1 aliphatic carbocycles. The van der Waals surface area contributed by atoms with E-state index in [1.54, 1.807) is 0 Å². The van der Waals surface area contributed by atoms with E-state index in [0.717, 1.165) is 6.42 Å². The van der Waals surface area contributed by atoms with Crippen molar-refractivity contribution in [3.05, 3.63) is 0 Å². The van der Waals surface area contributed by atoms with Crippen LogP contribution in [0.4, 0.5) is 0 Å². The van der Waals surface area contributed by atoms with Gasteiger partial charge in [-0.3, -0.25) is 4.79 Å². The molecule has 1 rings (SSSR count). The largest absolute Gasteiger partial charge is 0.393 e. The molecule has 0 amide bonds. The smallest absolute Gasteiger partial charge is 0.165 e. The van der Waals surface area contributed by atoms with E-state index in [1.165, 1.54) is 12.8 Å². The maximum atomic E-state index is 11.4. The number of hydrogen-bond acceptors (Lipinski definition) is 4. The van der Waals surface area contributed by atoms with Crippen LogP contribution >= 0.6 is 0 Å². The Morgan fingerprint density at radius 2 is 2.05 bits per heavy atom. The van der Waals surface area contributed by atoms with E-state index in [0.29, 0.717) is 24.4 Å². The van der Waals surface area contributed by atoms with Crippen molar-refractivity contribution in [3.8, 4) is 0 Å². The van der Waals surface area contributed by atoms with Crippen LogP contribution in [0, 0.1) is 17.8 Å². The summed E-state index contributed by atoms with van der Waals surface area (Å²) < 4.78 is 5.88. The Morgan fingerprint density at radius 1 is 1.37 bits per heavy atom. The Balaban J connectivity index is 2.38. The number of ether oxygens (including phenoxy) is 1. The lowest BCUT2D eigenvalue weighted by Crippen LogP contribution is -2.35. The lowest BCUT2D eigenvalue weighted by atomic mass is 9.75. The van der Waals surface area contributed by atoms with E-state index < -0.39 is 12.7 Å². The fraction of sp³-hybridized carbons (Fsp3) is 0.933. The predicted molar refractivity (Wildman–Crippen MR) is 73.8 cm³/mol. The third kappa shape index (κ3) is 5.21. The lowest BCUT2D eigenvalue weighted by Gasteiger charge is -2.37. The van der Waals surface area contributed by atoms with E-state index in [1.807, 2.05) is 0 Å². The van der Waals surface area contributed by atoms with Gasteiger partial charge in [0.2, 0.25) is 0 Å². The van der Waals surface area contributed by atoms with Gasteiger partial charge in [0.05, 0.1) is 19.3 Å². The third-order valence-corrected chi connectivity index (χ3v) is 4.19. The Labute approximate surface area is 116 Å². The Kier molecular flexibility index (Phi) is 6.97. The highest BCUT2D eigenvalue weighted by Gasteiger charge is 2.31. The Bertz CT molecular complexity index is 277. The summed E-state index contributed by atoms with van der Waals surface area (Å²) in [5, 5.41) is 17.9. The molecule has 2 N–H and O–H groups in total. The zero-order valence-electron chi connectivity index (χ0n) is 12.3. The molecule has 0 aliphatic heterocycles. The van der Waals surface area contributed by atoms with Crippen molar-refractivity contribution in [1.82, 2.24) is 0 Å². The second kappa shape index (κ2) is 7.98. The van der Waals surface area contributed by atoms with Crippen LogP contribution in [0.5, 0.6) is 0 Å². The van der Waals surface area contributed by atoms with Gasteiger partial charge in [0, 0.05) is 6.42 Å². The molecule has 4 atom stereocenters. The van der Waals surface area contributed by atoms with Gasteiger partial charge >= 0.3 is 0 Å². The first-order valence-electron chi connectivity index (χ1n) is 7.39. The van der Waals surface area contributed by atoms with Crippen molar-refractivity contribution in [1.29, 1.82) is 0 Å². The van der Waals surface area contributed by atoms with Crippen molar-refractivity contribution in [3.63, 3.8) is 0 Å². The topological polar surface area (TPSA) is 66.8 Å². The van der Waals surface area contributed by atoms with Crippen LogP contribution in [-0.2, 0) is 9.53 Å². The molecule has 0 radical (unpaired) electrons. The molecule has 4 heteroatoms. The zero-order chi connectivity index (χ0) is 14.4. The molecule has 1 saturated carbocycles. The summed E-state index contributed by atoms with van der Waals surface area (Å²) in [4.78, 5) is 11.4. The summed E-state index contributed by atoms with van der Waals surface area (Å²) in [6.07, 6.45) is 2.65. The second-order valence-electron chi connectivity index (χ2n) is 6.15. The highest BCUT2D eigenvalue weighted by atomic mass is 16.5. The molecular weight excluding hydrogens is 244 g/mol. The molecule has 0 heterocycles. The molecule has 4 unspecified atom stereocenters. The standard InChI is InChI=1S/C15H28O4/c1-10(2)12-5-4-11(3)8-15(12)19-7-6-13(17)14(18)9-16/h10-12,14-16,18H,4-9H2,1-3H3. The fourth-order valence-corrected chi connectivity index (χ4v) is 2.89. The maximum Gasteiger partial charge on any atom is 0.165 e. The van der Waals surface area contributed by atoms with Gasteiger partial charge in [-0.15, -0.1) is 0 Å². The van der Waals surface area contributed by atoms with Gasteiger partial charge in [-0.25, -0.2) is 0 Å². The number of rotatable bonds is 7. The maximum absolute atomic E-state index is 11.4. The number of ketones is 1. The van der Waals surface area contributed by atoms with E-state index in [-0.39, 0.29) is 18.3 Å². The number of Topliss-reactive ketones (excluding diaryl/α,β-unsaturated/α-hetero) is 1. The highest BCUT2D eigenvalue weighted by molar-refractivity contribution is 5.82. The number of carbonyl (C=O) groups excluding carboxylic acids is 1. The van der Waals surface area contributed by atoms with E-state index >= 15 is 0 Å². The predicted octanol–water partition coefficient (Wildman–Crippen LogP) is 1.78. The van der Waals surface area contributed by atoms with Crippen LogP contribution in [0.15, 0.2) is 0 Å². The minimum Gasteiger partial charge on any atom is -0.393 e. The lowest BCUT2D eigenvalue weighted by molar-refractivity contribution is -0.131. The second-order valence-corrected chi connectivity index (χ2v) is 6.15. The van der Waals surface area contributed by atoms with Crippen LogP contribution in [0.25, 0.3) is 0 Å². The summed E-state index contributed by atoms with van der Waals surface area (Å²) in [5.74, 6) is 1.50. The molecule has 1 fully saturated rings. The number of aliphatic hydroxyl groups is 2. The van der Waals surface area contributed by atoms with Gasteiger partial charge in [0.15, 0.2) is 5.78 Å². The molecule has 0 bridgehead atoms. The van der Waals surface area contributed by atoms with Crippen LogP contribution in [0.3, 0.4) is 0 Å². The van der Waals surface area contributed by atoms with E-state index in [2.05, 4.69) is 20.8 Å². The fourth-order valence-electron chi connectivity index (χ4n) is 2.89. The van der Waals surface area contributed by atoms with Crippen molar-refractivity contribution in [2.24, 2.45) is 17.8 Å². The van der Waals surface area contributed by atoms with Crippen molar-refractivity contribution < 1.29 is 19.7 Å². The molecule has 4 nitrogen and oxygen atoms in total. The summed E-state index contributed by atoms with van der Waals surface area (Å²) >= 11 is 0. The highest BCUT2D eigenvalue weighted by Crippen LogP contribution is 2.35. The van der Waals surface area contributed by atoms with Gasteiger partial charge in [-0.1, -0.05) is 27.2 Å². The first-order chi connectivity index (χ1) is 8.95. The van der Waals surface area contributed by atoms with Crippen molar-refractivity contribution >= 4 is 5.78 Å². The summed E-state index contributed by atoms with van der Waals surface area (Å²) in [6, 6.07) is 0. The molecule has 1 aliphatic rings. The monoisotopic (exact) mass is 272 g/mol. The minimum atomic E-state index is -1.25. The number of carbonyl (C=O) groups is 1. The van der Waals surface area contributed by atoms with Crippen LogP contribution in [0.1, 0.15) is 46.5 Å². The van der Waals surface area contributed by atoms with Crippen LogP contribution < -0.4 is 0 Å². The SMILES string of the molecule is CC1CCC(C(C)C)C(OCCC(=O)C(O)CO)C1. The molecule has 0 aromatic heterocycles. The number of aliphatic hydroxyl groups excluding tert-OH is 2. The molecule has 112 valence electrons. The van der Waals surface area contributed by atoms with Crippen LogP contribution in [-0.4, -0.2) is 41.4 Å². The molecular formula is C15H28O4. The number of hydrogen-bond donors (Lipinski definition) is 2. The average molecular weight is 272 g/mol. The molecule has 0 spiro atoms. The van der Waals surface area contributed by atoms with Crippen molar-refractivity contribution in [2.45, 2.75) is 58.7 Å². The van der Waals surface area contributed by atoms with Gasteiger partial charge in [0.25, 0.3) is 0 Å². The van der Waals surface area contributed by atoms with Gasteiger partial charge < -0.3 is 14.9 Å². The summed E-state index contributed by atoms with van der Waals surface area (Å²) in [7, 11) is 0. The first kappa shape index (κ1) is 16.6. The Hall–Kier alpha value is -0.450. The van der Waals surface area contributed by atoms with Gasteiger partial charge in [-0.2, -0.15) is 0 Å². The molecule has 0 aromatic rings. The normalized spacial score (nSPS) is 29.5. The van der Waals surface area contributed by atoms with Crippen molar-refractivity contribution in [2.75, 3.05) is 13.2 Å². The minimum absolute atomic E-state index is 0.178. The molecule has 0 saturated heterocycles.